The Bertz CT molecular complexity index is 595. The molecule has 0 saturated heterocycles. The lowest BCUT2D eigenvalue weighted by atomic mass is 10.2. The number of carbonyl (C=O) groups excluding carboxylic acids is 3. The number of hydrogen-bond acceptors (Lipinski definition) is 5. The van der Waals surface area contributed by atoms with Gasteiger partial charge in [0.05, 0.1) is 0 Å². The number of nitrogens with one attached hydrogen (secondary N) is 2. The number of anilines is 1. The number of esters is 1. The molecule has 0 aliphatic carbocycles. The maximum Gasteiger partial charge on any atom is 0.329 e. The second-order valence-electron chi connectivity index (χ2n) is 4.66. The molecule has 4 N–H and O–H groups in total. The van der Waals surface area contributed by atoms with Crippen LogP contribution in [0.3, 0.4) is 0 Å². The van der Waals surface area contributed by atoms with Crippen LogP contribution in [0.1, 0.15) is 6.42 Å². The van der Waals surface area contributed by atoms with Crippen LogP contribution in [0.25, 0.3) is 0 Å². The quantitative estimate of drug-likeness (QED) is 0.586. The minimum Gasteiger partial charge on any atom is -0.454 e. The fourth-order valence-electron chi connectivity index (χ4n) is 1.72. The van der Waals surface area contributed by atoms with Gasteiger partial charge in [-0.05, 0) is 36.6 Å². The van der Waals surface area contributed by atoms with Crippen molar-refractivity contribution in [3.05, 3.63) is 28.2 Å². The molecule has 0 aliphatic rings. The first-order chi connectivity index (χ1) is 11.3. The molecular formula is C14H17Cl2N3O4S. The van der Waals surface area contributed by atoms with E-state index in [2.05, 4.69) is 10.6 Å². The van der Waals surface area contributed by atoms with Crippen molar-refractivity contribution in [3.8, 4) is 0 Å². The van der Waals surface area contributed by atoms with Gasteiger partial charge in [-0.15, -0.1) is 0 Å². The number of urea groups is 1. The molecular weight excluding hydrogens is 377 g/mol. The SMILES string of the molecule is CSCC[C@@H](NC(N)=O)C(=O)OCC(=O)Nc1cc(Cl)cc(Cl)c1. The molecule has 0 aliphatic heterocycles. The maximum absolute atomic E-state index is 11.9. The molecule has 0 aromatic heterocycles. The van der Waals surface area contributed by atoms with E-state index in [1.807, 2.05) is 6.26 Å². The Balaban J connectivity index is 2.54. The van der Waals surface area contributed by atoms with Crippen molar-refractivity contribution in [3.63, 3.8) is 0 Å². The van der Waals surface area contributed by atoms with Crippen LogP contribution in [0.4, 0.5) is 10.5 Å². The van der Waals surface area contributed by atoms with Crippen LogP contribution < -0.4 is 16.4 Å². The summed E-state index contributed by atoms with van der Waals surface area (Å²) in [5.74, 6) is -0.681. The summed E-state index contributed by atoms with van der Waals surface area (Å²) in [7, 11) is 0. The predicted molar refractivity (Wildman–Crippen MR) is 95.6 cm³/mol. The lowest BCUT2D eigenvalue weighted by Gasteiger charge is -2.16. The van der Waals surface area contributed by atoms with E-state index >= 15 is 0 Å². The van der Waals surface area contributed by atoms with Crippen LogP contribution >= 0.6 is 35.0 Å². The molecule has 24 heavy (non-hydrogen) atoms. The number of nitrogens with two attached hydrogens (primary N) is 1. The van der Waals surface area contributed by atoms with Gasteiger partial charge in [0.15, 0.2) is 6.61 Å². The van der Waals surface area contributed by atoms with E-state index in [-0.39, 0.29) is 0 Å². The van der Waals surface area contributed by atoms with Gasteiger partial charge < -0.3 is 21.1 Å². The highest BCUT2D eigenvalue weighted by atomic mass is 35.5. The molecule has 0 fully saturated rings. The summed E-state index contributed by atoms with van der Waals surface area (Å²) in [5, 5.41) is 5.51. The molecule has 3 amide bonds. The van der Waals surface area contributed by atoms with Gasteiger partial charge in [-0.3, -0.25) is 4.79 Å². The Morgan fingerprint density at radius 2 is 1.88 bits per heavy atom. The molecule has 10 heteroatoms. The van der Waals surface area contributed by atoms with Gasteiger partial charge in [0.2, 0.25) is 0 Å². The number of hydrogen-bond donors (Lipinski definition) is 3. The van der Waals surface area contributed by atoms with Crippen molar-refractivity contribution >= 4 is 58.6 Å². The summed E-state index contributed by atoms with van der Waals surface area (Å²) in [5.41, 5.74) is 5.40. The second-order valence-corrected chi connectivity index (χ2v) is 6.52. The van der Waals surface area contributed by atoms with Gasteiger partial charge in [0.1, 0.15) is 6.04 Å². The van der Waals surface area contributed by atoms with E-state index in [0.717, 1.165) is 0 Å². The number of ether oxygens (including phenoxy) is 1. The van der Waals surface area contributed by atoms with Crippen LogP contribution in [0.5, 0.6) is 0 Å². The third-order valence-electron chi connectivity index (χ3n) is 2.70. The van der Waals surface area contributed by atoms with Gasteiger partial charge in [-0.1, -0.05) is 23.2 Å². The molecule has 1 atom stereocenters. The van der Waals surface area contributed by atoms with Crippen molar-refractivity contribution in [2.24, 2.45) is 5.73 Å². The predicted octanol–water partition coefficient (Wildman–Crippen LogP) is 2.27. The average Bonchev–Trinajstić information content (AvgIpc) is 2.47. The smallest absolute Gasteiger partial charge is 0.329 e. The van der Waals surface area contributed by atoms with Crippen molar-refractivity contribution in [1.82, 2.24) is 5.32 Å². The van der Waals surface area contributed by atoms with Gasteiger partial charge in [0, 0.05) is 15.7 Å². The molecule has 1 aromatic carbocycles. The number of thioether (sulfide) groups is 1. The monoisotopic (exact) mass is 393 g/mol. The fourth-order valence-corrected chi connectivity index (χ4v) is 2.71. The molecule has 7 nitrogen and oxygen atoms in total. The highest BCUT2D eigenvalue weighted by Gasteiger charge is 2.21. The van der Waals surface area contributed by atoms with E-state index < -0.39 is 30.6 Å². The minimum atomic E-state index is -0.900. The fraction of sp³-hybridized carbons (Fsp3) is 0.357. The summed E-state index contributed by atoms with van der Waals surface area (Å²) in [6.07, 6.45) is 2.20. The Morgan fingerprint density at radius 3 is 2.42 bits per heavy atom. The molecule has 132 valence electrons. The molecule has 0 bridgehead atoms. The zero-order valence-electron chi connectivity index (χ0n) is 12.8. The van der Waals surface area contributed by atoms with Gasteiger partial charge in [-0.2, -0.15) is 11.8 Å². The van der Waals surface area contributed by atoms with Gasteiger partial charge in [0.25, 0.3) is 5.91 Å². The molecule has 1 aromatic rings. The van der Waals surface area contributed by atoms with Crippen molar-refractivity contribution in [1.29, 1.82) is 0 Å². The zero-order valence-corrected chi connectivity index (χ0v) is 15.1. The Morgan fingerprint density at radius 1 is 1.25 bits per heavy atom. The number of benzene rings is 1. The first-order valence-electron chi connectivity index (χ1n) is 6.79. The van der Waals surface area contributed by atoms with Crippen LogP contribution in [0, 0.1) is 0 Å². The van der Waals surface area contributed by atoms with E-state index in [0.29, 0.717) is 27.9 Å². The standard InChI is InChI=1S/C14H17Cl2N3O4S/c1-24-3-2-11(19-14(17)22)13(21)23-7-12(20)18-10-5-8(15)4-9(16)6-10/h4-6,11H,2-3,7H2,1H3,(H,18,20)(H3,17,19,22)/t11-/m1/s1. The number of halogens is 2. The van der Waals surface area contributed by atoms with Crippen molar-refractivity contribution in [2.75, 3.05) is 23.9 Å². The number of amides is 3. The molecule has 0 saturated carbocycles. The summed E-state index contributed by atoms with van der Waals surface area (Å²) < 4.78 is 4.90. The second kappa shape index (κ2) is 10.3. The number of primary amides is 1. The molecule has 1 rings (SSSR count). The number of rotatable bonds is 8. The van der Waals surface area contributed by atoms with E-state index in [1.165, 1.54) is 30.0 Å². The van der Waals surface area contributed by atoms with Crippen molar-refractivity contribution < 1.29 is 19.1 Å². The summed E-state index contributed by atoms with van der Waals surface area (Å²) in [6.45, 7) is -0.515. The Kier molecular flexibility index (Phi) is 8.73. The summed E-state index contributed by atoms with van der Waals surface area (Å²) in [4.78, 5) is 34.6. The number of carbonyl (C=O) groups is 3. The Labute approximate surface area is 153 Å². The highest BCUT2D eigenvalue weighted by molar-refractivity contribution is 7.98. The highest BCUT2D eigenvalue weighted by Crippen LogP contribution is 2.22. The molecule has 0 spiro atoms. The largest absolute Gasteiger partial charge is 0.454 e. The zero-order chi connectivity index (χ0) is 18.1. The van der Waals surface area contributed by atoms with E-state index in [4.69, 9.17) is 33.7 Å². The topological polar surface area (TPSA) is 111 Å². The lowest BCUT2D eigenvalue weighted by molar-refractivity contribution is -0.149. The Hall–Kier alpha value is -1.64. The third-order valence-corrected chi connectivity index (χ3v) is 3.78. The van der Waals surface area contributed by atoms with E-state index in [1.54, 1.807) is 0 Å². The minimum absolute atomic E-state index is 0.342. The normalized spacial score (nSPS) is 11.5. The molecule has 0 unspecified atom stereocenters. The van der Waals surface area contributed by atoms with E-state index in [9.17, 15) is 14.4 Å². The first-order valence-corrected chi connectivity index (χ1v) is 8.94. The lowest BCUT2D eigenvalue weighted by Crippen LogP contribution is -2.45. The first kappa shape index (κ1) is 20.4. The van der Waals surface area contributed by atoms with Crippen LogP contribution in [0.2, 0.25) is 10.0 Å². The summed E-state index contributed by atoms with van der Waals surface area (Å²) >= 11 is 13.1. The van der Waals surface area contributed by atoms with Gasteiger partial charge in [-0.25, -0.2) is 9.59 Å². The van der Waals surface area contributed by atoms with Crippen LogP contribution in [0.15, 0.2) is 18.2 Å². The third kappa shape index (κ3) is 7.76. The van der Waals surface area contributed by atoms with Crippen LogP contribution in [-0.2, 0) is 14.3 Å². The molecule has 0 radical (unpaired) electrons. The van der Waals surface area contributed by atoms with Gasteiger partial charge >= 0.3 is 12.0 Å². The summed E-state index contributed by atoms with van der Waals surface area (Å²) in [6, 6.07) is 2.79. The average molecular weight is 394 g/mol. The molecule has 0 heterocycles. The van der Waals surface area contributed by atoms with Crippen molar-refractivity contribution in [2.45, 2.75) is 12.5 Å². The van der Waals surface area contributed by atoms with Crippen LogP contribution in [-0.4, -0.2) is 42.6 Å². The maximum atomic E-state index is 11.9.